The molecule has 0 spiro atoms. The average Bonchev–Trinajstić information content (AvgIpc) is 2.89. The quantitative estimate of drug-likeness (QED) is 0.729. The maximum atomic E-state index is 13.3. The van der Waals surface area contributed by atoms with Crippen molar-refractivity contribution >= 4 is 6.29 Å². The predicted molar refractivity (Wildman–Crippen MR) is 51.6 cm³/mol. The summed E-state index contributed by atoms with van der Waals surface area (Å²) in [5.74, 6) is -0.290. The van der Waals surface area contributed by atoms with Crippen molar-refractivity contribution in [3.8, 4) is 0 Å². The molecule has 1 aliphatic carbocycles. The number of aldehydes is 1. The van der Waals surface area contributed by atoms with Crippen LogP contribution in [0, 0.1) is 12.7 Å². The molecule has 1 aromatic rings. The van der Waals surface area contributed by atoms with Gasteiger partial charge in [0.25, 0.3) is 0 Å². The fourth-order valence-corrected chi connectivity index (χ4v) is 1.64. The summed E-state index contributed by atoms with van der Waals surface area (Å²) in [6.45, 7) is 1.64. The van der Waals surface area contributed by atoms with Gasteiger partial charge in [0.15, 0.2) is 0 Å². The Balaban J connectivity index is 2.58. The molecule has 0 atom stereocenters. The molecule has 2 nitrogen and oxygen atoms in total. The van der Waals surface area contributed by atoms with E-state index < -0.39 is 5.54 Å². The molecule has 1 saturated carbocycles. The van der Waals surface area contributed by atoms with Crippen molar-refractivity contribution in [2.75, 3.05) is 0 Å². The summed E-state index contributed by atoms with van der Waals surface area (Å²) < 4.78 is 13.3. The molecule has 1 aromatic carbocycles. The van der Waals surface area contributed by atoms with Gasteiger partial charge in [-0.05, 0) is 43.0 Å². The van der Waals surface area contributed by atoms with Crippen LogP contribution in [0.15, 0.2) is 12.1 Å². The van der Waals surface area contributed by atoms with Crippen LogP contribution < -0.4 is 5.73 Å². The van der Waals surface area contributed by atoms with Crippen molar-refractivity contribution in [2.24, 2.45) is 5.73 Å². The normalized spacial score (nSPS) is 17.9. The Bertz CT molecular complexity index is 397. The molecular weight excluding hydrogens is 181 g/mol. The lowest BCUT2D eigenvalue weighted by molar-refractivity contribution is 0.112. The summed E-state index contributed by atoms with van der Waals surface area (Å²) in [5.41, 5.74) is 7.14. The average molecular weight is 193 g/mol. The van der Waals surface area contributed by atoms with E-state index in [1.54, 1.807) is 13.0 Å². The molecule has 2 N–H and O–H groups in total. The van der Waals surface area contributed by atoms with Gasteiger partial charge in [-0.1, -0.05) is 0 Å². The number of nitrogens with two attached hydrogens (primary N) is 1. The van der Waals surface area contributed by atoms with E-state index in [4.69, 9.17) is 5.73 Å². The van der Waals surface area contributed by atoms with Crippen LogP contribution >= 0.6 is 0 Å². The Morgan fingerprint density at radius 1 is 1.50 bits per heavy atom. The van der Waals surface area contributed by atoms with E-state index in [-0.39, 0.29) is 5.82 Å². The number of carbonyl (C=O) groups is 1. The molecule has 14 heavy (non-hydrogen) atoms. The first-order valence-corrected chi connectivity index (χ1v) is 4.61. The molecule has 0 aliphatic heterocycles. The third kappa shape index (κ3) is 1.34. The van der Waals surface area contributed by atoms with Crippen LogP contribution in [-0.4, -0.2) is 6.29 Å². The number of carbonyl (C=O) groups excluding carboxylic acids is 1. The summed E-state index contributed by atoms with van der Waals surface area (Å²) in [6, 6.07) is 2.96. The number of hydrogen-bond acceptors (Lipinski definition) is 2. The topological polar surface area (TPSA) is 43.1 Å². The van der Waals surface area contributed by atoms with Gasteiger partial charge in [-0.25, -0.2) is 4.39 Å². The molecular formula is C11H12FNO. The lowest BCUT2D eigenvalue weighted by Gasteiger charge is -2.12. The fraction of sp³-hybridized carbons (Fsp3) is 0.364. The van der Waals surface area contributed by atoms with E-state index in [0.29, 0.717) is 16.7 Å². The second-order valence-electron chi connectivity index (χ2n) is 3.96. The first kappa shape index (κ1) is 9.34. The van der Waals surface area contributed by atoms with Crippen molar-refractivity contribution in [3.05, 3.63) is 34.6 Å². The van der Waals surface area contributed by atoms with Gasteiger partial charge in [-0.15, -0.1) is 0 Å². The molecule has 3 heteroatoms. The molecule has 74 valence electrons. The Hall–Kier alpha value is -1.22. The summed E-state index contributed by atoms with van der Waals surface area (Å²) in [4.78, 5) is 10.8. The zero-order chi connectivity index (χ0) is 10.3. The van der Waals surface area contributed by atoms with Gasteiger partial charge >= 0.3 is 0 Å². The van der Waals surface area contributed by atoms with Gasteiger partial charge in [-0.3, -0.25) is 4.79 Å². The van der Waals surface area contributed by atoms with E-state index >= 15 is 0 Å². The number of halogens is 1. The highest BCUT2D eigenvalue weighted by molar-refractivity contribution is 5.78. The van der Waals surface area contributed by atoms with E-state index in [1.165, 1.54) is 6.07 Å². The van der Waals surface area contributed by atoms with Gasteiger partial charge in [0, 0.05) is 11.1 Å². The highest BCUT2D eigenvalue weighted by Crippen LogP contribution is 2.44. The lowest BCUT2D eigenvalue weighted by atomic mass is 9.97. The first-order valence-electron chi connectivity index (χ1n) is 4.61. The van der Waals surface area contributed by atoms with Crippen molar-refractivity contribution in [1.82, 2.24) is 0 Å². The molecule has 0 amide bonds. The van der Waals surface area contributed by atoms with Gasteiger partial charge in [0.1, 0.15) is 12.1 Å². The third-order valence-corrected chi connectivity index (χ3v) is 2.78. The third-order valence-electron chi connectivity index (χ3n) is 2.78. The largest absolute Gasteiger partial charge is 0.321 e. The summed E-state index contributed by atoms with van der Waals surface area (Å²) in [5, 5.41) is 0. The Morgan fingerprint density at radius 2 is 2.14 bits per heavy atom. The predicted octanol–water partition coefficient (Wildman–Crippen LogP) is 1.89. The van der Waals surface area contributed by atoms with Crippen LogP contribution in [-0.2, 0) is 5.54 Å². The minimum Gasteiger partial charge on any atom is -0.321 e. The highest BCUT2D eigenvalue weighted by atomic mass is 19.1. The molecule has 0 heterocycles. The van der Waals surface area contributed by atoms with Gasteiger partial charge in [0.2, 0.25) is 0 Å². The zero-order valence-corrected chi connectivity index (χ0v) is 8.01. The Morgan fingerprint density at radius 3 is 2.64 bits per heavy atom. The van der Waals surface area contributed by atoms with Crippen LogP contribution in [0.5, 0.6) is 0 Å². The van der Waals surface area contributed by atoms with Crippen molar-refractivity contribution in [1.29, 1.82) is 0 Å². The monoisotopic (exact) mass is 193 g/mol. The fourth-order valence-electron chi connectivity index (χ4n) is 1.64. The van der Waals surface area contributed by atoms with E-state index in [9.17, 15) is 9.18 Å². The van der Waals surface area contributed by atoms with E-state index in [1.807, 2.05) is 0 Å². The highest BCUT2D eigenvalue weighted by Gasteiger charge is 2.41. The molecule has 0 aromatic heterocycles. The summed E-state index contributed by atoms with van der Waals surface area (Å²) >= 11 is 0. The van der Waals surface area contributed by atoms with Crippen LogP contribution in [0.3, 0.4) is 0 Å². The molecule has 0 unspecified atom stereocenters. The van der Waals surface area contributed by atoms with Gasteiger partial charge in [-0.2, -0.15) is 0 Å². The minimum absolute atomic E-state index is 0.290. The Labute approximate surface area is 81.9 Å². The molecule has 0 bridgehead atoms. The van der Waals surface area contributed by atoms with Crippen molar-refractivity contribution in [3.63, 3.8) is 0 Å². The lowest BCUT2D eigenvalue weighted by Crippen LogP contribution is -2.21. The maximum Gasteiger partial charge on any atom is 0.150 e. The molecule has 0 radical (unpaired) electrons. The number of aryl methyl sites for hydroxylation is 1. The first-order chi connectivity index (χ1) is 6.57. The molecule has 1 aliphatic rings. The summed E-state index contributed by atoms with van der Waals surface area (Å²) in [6.07, 6.45) is 2.40. The number of rotatable bonds is 2. The van der Waals surface area contributed by atoms with Gasteiger partial charge in [0.05, 0.1) is 0 Å². The smallest absolute Gasteiger partial charge is 0.150 e. The standard InChI is InChI=1S/C11H12FNO/c1-7-4-8(6-14)9(5-10(7)12)11(13)2-3-11/h4-6H,2-3,13H2,1H3. The second-order valence-corrected chi connectivity index (χ2v) is 3.96. The molecule has 2 rings (SSSR count). The molecule has 0 saturated heterocycles. The zero-order valence-electron chi connectivity index (χ0n) is 8.01. The van der Waals surface area contributed by atoms with Crippen LogP contribution in [0.4, 0.5) is 4.39 Å². The van der Waals surface area contributed by atoms with E-state index in [2.05, 4.69) is 0 Å². The van der Waals surface area contributed by atoms with Crippen LogP contribution in [0.25, 0.3) is 0 Å². The van der Waals surface area contributed by atoms with E-state index in [0.717, 1.165) is 19.1 Å². The SMILES string of the molecule is Cc1cc(C=O)c(C2(N)CC2)cc1F. The van der Waals surface area contributed by atoms with Crippen molar-refractivity contribution in [2.45, 2.75) is 25.3 Å². The van der Waals surface area contributed by atoms with Gasteiger partial charge < -0.3 is 5.73 Å². The maximum absolute atomic E-state index is 13.3. The Kier molecular flexibility index (Phi) is 1.93. The summed E-state index contributed by atoms with van der Waals surface area (Å²) in [7, 11) is 0. The van der Waals surface area contributed by atoms with Crippen LogP contribution in [0.1, 0.15) is 34.3 Å². The van der Waals surface area contributed by atoms with Crippen molar-refractivity contribution < 1.29 is 9.18 Å². The minimum atomic E-state index is -0.454. The van der Waals surface area contributed by atoms with Crippen LogP contribution in [0.2, 0.25) is 0 Å². The number of hydrogen-bond donors (Lipinski definition) is 1. The number of benzene rings is 1. The molecule has 1 fully saturated rings. The second kappa shape index (κ2) is 2.89.